The first-order valence-electron chi connectivity index (χ1n) is 8.29. The lowest BCUT2D eigenvalue weighted by Crippen LogP contribution is -2.33. The highest BCUT2D eigenvalue weighted by atomic mass is 35.5. The third-order valence-electron chi connectivity index (χ3n) is 4.56. The highest BCUT2D eigenvalue weighted by Crippen LogP contribution is 2.27. The zero-order chi connectivity index (χ0) is 15.1. The second-order valence-corrected chi connectivity index (χ2v) is 6.36. The van der Waals surface area contributed by atoms with E-state index in [0.717, 1.165) is 23.5 Å². The van der Waals surface area contributed by atoms with Gasteiger partial charge >= 0.3 is 0 Å². The molecule has 1 saturated carbocycles. The second kappa shape index (κ2) is 9.86. The zero-order valence-corrected chi connectivity index (χ0v) is 14.3. The van der Waals surface area contributed by atoms with Crippen LogP contribution in [0.1, 0.15) is 67.8 Å². The Labute approximate surface area is 140 Å². The zero-order valence-electron chi connectivity index (χ0n) is 13.5. The van der Waals surface area contributed by atoms with Gasteiger partial charge < -0.3 is 11.1 Å². The molecule has 3 nitrogen and oxygen atoms in total. The molecule has 0 heterocycles. The van der Waals surface area contributed by atoms with Crippen molar-refractivity contribution in [3.05, 3.63) is 35.4 Å². The maximum Gasteiger partial charge on any atom is 0.251 e. The van der Waals surface area contributed by atoms with Gasteiger partial charge in [-0.15, -0.1) is 12.4 Å². The molecule has 2 rings (SSSR count). The molecule has 1 unspecified atom stereocenters. The molecule has 22 heavy (non-hydrogen) atoms. The van der Waals surface area contributed by atoms with Crippen molar-refractivity contribution in [3.8, 4) is 0 Å². The van der Waals surface area contributed by atoms with Crippen molar-refractivity contribution in [1.29, 1.82) is 0 Å². The standard InChI is InChI=1S/C18H28N2O.ClH/c1-14(7-8-15-5-3-2-4-6-15)20-18(21)17-11-9-16(13-19)10-12-17;/h9-12,14-15H,2-8,13,19H2,1H3,(H,20,21);1H. The van der Waals surface area contributed by atoms with Crippen LogP contribution in [0.2, 0.25) is 0 Å². The fourth-order valence-corrected chi connectivity index (χ4v) is 3.13. The van der Waals surface area contributed by atoms with Crippen LogP contribution in [0.15, 0.2) is 24.3 Å². The van der Waals surface area contributed by atoms with E-state index >= 15 is 0 Å². The van der Waals surface area contributed by atoms with Crippen molar-refractivity contribution in [3.63, 3.8) is 0 Å². The minimum Gasteiger partial charge on any atom is -0.350 e. The number of nitrogens with two attached hydrogens (primary N) is 1. The topological polar surface area (TPSA) is 55.1 Å². The molecule has 0 radical (unpaired) electrons. The van der Waals surface area contributed by atoms with Gasteiger partial charge in [-0.05, 0) is 43.4 Å². The Kier molecular flexibility index (Phi) is 8.51. The number of rotatable bonds is 6. The van der Waals surface area contributed by atoms with Gasteiger partial charge in [0.2, 0.25) is 0 Å². The van der Waals surface area contributed by atoms with Crippen molar-refractivity contribution >= 4 is 18.3 Å². The lowest BCUT2D eigenvalue weighted by molar-refractivity contribution is 0.0936. The van der Waals surface area contributed by atoms with E-state index in [1.165, 1.54) is 38.5 Å². The van der Waals surface area contributed by atoms with Crippen LogP contribution in [0.5, 0.6) is 0 Å². The van der Waals surface area contributed by atoms with Crippen LogP contribution in [-0.4, -0.2) is 11.9 Å². The second-order valence-electron chi connectivity index (χ2n) is 6.36. The predicted molar refractivity (Wildman–Crippen MR) is 94.3 cm³/mol. The molecule has 1 atom stereocenters. The first-order valence-corrected chi connectivity index (χ1v) is 8.29. The van der Waals surface area contributed by atoms with Crippen molar-refractivity contribution in [2.75, 3.05) is 0 Å². The van der Waals surface area contributed by atoms with Crippen LogP contribution >= 0.6 is 12.4 Å². The highest BCUT2D eigenvalue weighted by Gasteiger charge is 2.15. The van der Waals surface area contributed by atoms with Crippen molar-refractivity contribution < 1.29 is 4.79 Å². The number of amides is 1. The normalized spacial score (nSPS) is 16.6. The molecular weight excluding hydrogens is 296 g/mol. The first kappa shape index (κ1) is 19.0. The number of hydrogen-bond donors (Lipinski definition) is 2. The number of nitrogens with one attached hydrogen (secondary N) is 1. The molecule has 1 amide bonds. The number of carbonyl (C=O) groups excluding carboxylic acids is 1. The Morgan fingerprint density at radius 3 is 2.45 bits per heavy atom. The van der Waals surface area contributed by atoms with Gasteiger partial charge in [-0.25, -0.2) is 0 Å². The van der Waals surface area contributed by atoms with Crippen LogP contribution in [0.3, 0.4) is 0 Å². The summed E-state index contributed by atoms with van der Waals surface area (Å²) in [7, 11) is 0. The highest BCUT2D eigenvalue weighted by molar-refractivity contribution is 5.94. The number of hydrogen-bond acceptors (Lipinski definition) is 2. The molecule has 0 spiro atoms. The monoisotopic (exact) mass is 324 g/mol. The number of carbonyl (C=O) groups is 1. The molecule has 3 N–H and O–H groups in total. The molecule has 124 valence electrons. The summed E-state index contributed by atoms with van der Waals surface area (Å²) in [5.41, 5.74) is 7.34. The van der Waals surface area contributed by atoms with Crippen molar-refractivity contribution in [2.24, 2.45) is 11.7 Å². The summed E-state index contributed by atoms with van der Waals surface area (Å²) in [5, 5.41) is 3.10. The Balaban J connectivity index is 0.00000242. The minimum atomic E-state index is 0. The van der Waals surface area contributed by atoms with Gasteiger partial charge in [0, 0.05) is 18.2 Å². The lowest BCUT2D eigenvalue weighted by Gasteiger charge is -2.23. The van der Waals surface area contributed by atoms with E-state index in [1.807, 2.05) is 24.3 Å². The van der Waals surface area contributed by atoms with Gasteiger partial charge in [0.05, 0.1) is 0 Å². The molecular formula is C18H29ClN2O. The average molecular weight is 325 g/mol. The van der Waals surface area contributed by atoms with E-state index in [0.29, 0.717) is 6.54 Å². The minimum absolute atomic E-state index is 0. The van der Waals surface area contributed by atoms with Gasteiger partial charge in [0.15, 0.2) is 0 Å². The SMILES string of the molecule is CC(CCC1CCCCC1)NC(=O)c1ccc(CN)cc1.Cl. The van der Waals surface area contributed by atoms with Crippen LogP contribution in [0, 0.1) is 5.92 Å². The Morgan fingerprint density at radius 2 is 1.86 bits per heavy atom. The summed E-state index contributed by atoms with van der Waals surface area (Å²) < 4.78 is 0. The Hall–Kier alpha value is -1.06. The maximum absolute atomic E-state index is 12.2. The van der Waals surface area contributed by atoms with Gasteiger partial charge in [-0.2, -0.15) is 0 Å². The van der Waals surface area contributed by atoms with Crippen molar-refractivity contribution in [2.45, 2.75) is 64.5 Å². The van der Waals surface area contributed by atoms with Crippen LogP contribution < -0.4 is 11.1 Å². The van der Waals surface area contributed by atoms with Gasteiger partial charge in [-0.3, -0.25) is 4.79 Å². The molecule has 0 aliphatic heterocycles. The first-order chi connectivity index (χ1) is 10.2. The Morgan fingerprint density at radius 1 is 1.23 bits per heavy atom. The van der Waals surface area contributed by atoms with Gasteiger partial charge in [0.25, 0.3) is 5.91 Å². The fourth-order valence-electron chi connectivity index (χ4n) is 3.13. The largest absolute Gasteiger partial charge is 0.350 e. The van der Waals surface area contributed by atoms with Crippen LogP contribution in [0.25, 0.3) is 0 Å². The predicted octanol–water partition coefficient (Wildman–Crippen LogP) is 4.05. The molecule has 1 aliphatic carbocycles. The van der Waals surface area contributed by atoms with E-state index in [-0.39, 0.29) is 24.4 Å². The molecule has 1 fully saturated rings. The summed E-state index contributed by atoms with van der Waals surface area (Å²) >= 11 is 0. The number of benzene rings is 1. The van der Waals surface area contributed by atoms with E-state index in [1.54, 1.807) is 0 Å². The van der Waals surface area contributed by atoms with Gasteiger partial charge in [-0.1, -0.05) is 44.2 Å². The molecule has 1 aliphatic rings. The average Bonchev–Trinajstić information content (AvgIpc) is 2.54. The molecule has 1 aromatic rings. The summed E-state index contributed by atoms with van der Waals surface area (Å²) in [5.74, 6) is 0.900. The van der Waals surface area contributed by atoms with E-state index in [4.69, 9.17) is 5.73 Å². The summed E-state index contributed by atoms with van der Waals surface area (Å²) in [4.78, 5) is 12.2. The fraction of sp³-hybridized carbons (Fsp3) is 0.611. The molecule has 0 aromatic heterocycles. The van der Waals surface area contributed by atoms with Crippen molar-refractivity contribution in [1.82, 2.24) is 5.32 Å². The quantitative estimate of drug-likeness (QED) is 0.829. The molecule has 0 saturated heterocycles. The maximum atomic E-state index is 12.2. The van der Waals surface area contributed by atoms with E-state index in [9.17, 15) is 4.79 Å². The molecule has 0 bridgehead atoms. The summed E-state index contributed by atoms with van der Waals surface area (Å²) in [6, 6.07) is 7.79. The molecule has 4 heteroatoms. The summed E-state index contributed by atoms with van der Waals surface area (Å²) in [6.07, 6.45) is 9.26. The van der Waals surface area contributed by atoms with E-state index in [2.05, 4.69) is 12.2 Å². The van der Waals surface area contributed by atoms with E-state index < -0.39 is 0 Å². The smallest absolute Gasteiger partial charge is 0.251 e. The summed E-state index contributed by atoms with van der Waals surface area (Å²) in [6.45, 7) is 2.62. The van der Waals surface area contributed by atoms with Crippen LogP contribution in [-0.2, 0) is 6.54 Å². The van der Waals surface area contributed by atoms with Crippen LogP contribution in [0.4, 0.5) is 0 Å². The lowest BCUT2D eigenvalue weighted by atomic mass is 9.85. The van der Waals surface area contributed by atoms with Gasteiger partial charge in [0.1, 0.15) is 0 Å². The molecule has 1 aromatic carbocycles. The third kappa shape index (κ3) is 5.98. The number of halogens is 1. The Bertz CT molecular complexity index is 441. The third-order valence-corrected chi connectivity index (χ3v) is 4.56.